The van der Waals surface area contributed by atoms with E-state index in [9.17, 15) is 4.79 Å². The van der Waals surface area contributed by atoms with Gasteiger partial charge in [0.2, 0.25) is 5.91 Å². The SMILES string of the molecule is CCc1ccc(NC(=O)C(C)C)cc1N. The predicted octanol–water partition coefficient (Wildman–Crippen LogP) is 2.43. The second kappa shape index (κ2) is 4.82. The van der Waals surface area contributed by atoms with E-state index in [0.717, 1.165) is 23.4 Å². The summed E-state index contributed by atoms with van der Waals surface area (Å²) in [5.74, 6) is -0.00396. The van der Waals surface area contributed by atoms with E-state index in [1.165, 1.54) is 0 Å². The van der Waals surface area contributed by atoms with Gasteiger partial charge in [0.25, 0.3) is 0 Å². The first-order valence-electron chi connectivity index (χ1n) is 5.23. The van der Waals surface area contributed by atoms with Crippen molar-refractivity contribution < 1.29 is 4.79 Å². The number of nitrogens with two attached hydrogens (primary N) is 1. The number of aryl methyl sites for hydroxylation is 1. The van der Waals surface area contributed by atoms with Crippen molar-refractivity contribution in [1.82, 2.24) is 0 Å². The van der Waals surface area contributed by atoms with Gasteiger partial charge in [-0.25, -0.2) is 0 Å². The Morgan fingerprint density at radius 3 is 2.60 bits per heavy atom. The third-order valence-electron chi connectivity index (χ3n) is 2.32. The zero-order valence-corrected chi connectivity index (χ0v) is 9.50. The highest BCUT2D eigenvalue weighted by molar-refractivity contribution is 5.92. The monoisotopic (exact) mass is 206 g/mol. The van der Waals surface area contributed by atoms with Gasteiger partial charge in [0.05, 0.1) is 0 Å². The summed E-state index contributed by atoms with van der Waals surface area (Å²) in [5, 5.41) is 2.81. The fourth-order valence-corrected chi connectivity index (χ4v) is 1.28. The number of amides is 1. The molecule has 0 saturated heterocycles. The van der Waals surface area contributed by atoms with E-state index in [1.54, 1.807) is 6.07 Å². The lowest BCUT2D eigenvalue weighted by Gasteiger charge is -2.10. The summed E-state index contributed by atoms with van der Waals surface area (Å²) in [6, 6.07) is 5.64. The molecule has 0 bridgehead atoms. The normalized spacial score (nSPS) is 10.4. The second-order valence-electron chi connectivity index (χ2n) is 3.91. The highest BCUT2D eigenvalue weighted by atomic mass is 16.1. The van der Waals surface area contributed by atoms with Crippen LogP contribution in [0.1, 0.15) is 26.3 Å². The average Bonchev–Trinajstić information content (AvgIpc) is 2.18. The van der Waals surface area contributed by atoms with Crippen molar-refractivity contribution in [1.29, 1.82) is 0 Å². The van der Waals surface area contributed by atoms with Crippen molar-refractivity contribution >= 4 is 17.3 Å². The zero-order valence-electron chi connectivity index (χ0n) is 9.50. The van der Waals surface area contributed by atoms with Gasteiger partial charge < -0.3 is 11.1 Å². The Bertz CT molecular complexity index is 359. The largest absolute Gasteiger partial charge is 0.398 e. The summed E-state index contributed by atoms with van der Waals surface area (Å²) in [5.41, 5.74) is 8.44. The molecule has 3 N–H and O–H groups in total. The Morgan fingerprint density at radius 1 is 1.47 bits per heavy atom. The number of benzene rings is 1. The summed E-state index contributed by atoms with van der Waals surface area (Å²) in [6.07, 6.45) is 0.907. The fraction of sp³-hybridized carbons (Fsp3) is 0.417. The number of hydrogen-bond donors (Lipinski definition) is 2. The van der Waals surface area contributed by atoms with Gasteiger partial charge >= 0.3 is 0 Å². The smallest absolute Gasteiger partial charge is 0.226 e. The van der Waals surface area contributed by atoms with Crippen LogP contribution in [-0.2, 0) is 11.2 Å². The third-order valence-corrected chi connectivity index (χ3v) is 2.32. The first-order chi connectivity index (χ1) is 7.04. The van der Waals surface area contributed by atoms with Gasteiger partial charge in [0.1, 0.15) is 0 Å². The molecule has 15 heavy (non-hydrogen) atoms. The van der Waals surface area contributed by atoms with Crippen LogP contribution < -0.4 is 11.1 Å². The molecule has 0 aromatic heterocycles. The van der Waals surface area contributed by atoms with Crippen LogP contribution in [-0.4, -0.2) is 5.91 Å². The molecule has 0 saturated carbocycles. The van der Waals surface area contributed by atoms with Gasteiger partial charge in [-0.05, 0) is 24.1 Å². The molecular formula is C12H18N2O. The molecule has 1 amide bonds. The van der Waals surface area contributed by atoms with Crippen molar-refractivity contribution in [3.8, 4) is 0 Å². The van der Waals surface area contributed by atoms with Gasteiger partial charge in [-0.3, -0.25) is 4.79 Å². The minimum absolute atomic E-state index is 0.0126. The van der Waals surface area contributed by atoms with Crippen LogP contribution in [0.15, 0.2) is 18.2 Å². The molecular weight excluding hydrogens is 188 g/mol. The number of rotatable bonds is 3. The summed E-state index contributed by atoms with van der Waals surface area (Å²) in [7, 11) is 0. The number of anilines is 2. The molecule has 82 valence electrons. The fourth-order valence-electron chi connectivity index (χ4n) is 1.28. The number of hydrogen-bond acceptors (Lipinski definition) is 2. The van der Waals surface area contributed by atoms with Gasteiger partial charge in [-0.15, -0.1) is 0 Å². The molecule has 0 aliphatic rings. The van der Waals surface area contributed by atoms with E-state index in [1.807, 2.05) is 26.0 Å². The molecule has 0 heterocycles. The van der Waals surface area contributed by atoms with E-state index < -0.39 is 0 Å². The molecule has 0 aliphatic heterocycles. The van der Waals surface area contributed by atoms with Gasteiger partial charge in [-0.1, -0.05) is 26.8 Å². The topological polar surface area (TPSA) is 55.1 Å². The predicted molar refractivity (Wildman–Crippen MR) is 63.7 cm³/mol. The molecule has 3 heteroatoms. The standard InChI is InChI=1S/C12H18N2O/c1-4-9-5-6-10(7-11(9)13)14-12(15)8(2)3/h5-8H,4,13H2,1-3H3,(H,14,15). The Kier molecular flexibility index (Phi) is 3.72. The molecule has 0 atom stereocenters. The van der Waals surface area contributed by atoms with Crippen LogP contribution in [0, 0.1) is 5.92 Å². The van der Waals surface area contributed by atoms with Gasteiger partial charge in [-0.2, -0.15) is 0 Å². The zero-order chi connectivity index (χ0) is 11.4. The minimum atomic E-state index is -0.0166. The lowest BCUT2D eigenvalue weighted by Crippen LogP contribution is -2.17. The van der Waals surface area contributed by atoms with E-state index in [4.69, 9.17) is 5.73 Å². The second-order valence-corrected chi connectivity index (χ2v) is 3.91. The molecule has 0 radical (unpaired) electrons. The highest BCUT2D eigenvalue weighted by Gasteiger charge is 2.07. The number of nitrogens with one attached hydrogen (secondary N) is 1. The number of carbonyl (C=O) groups is 1. The van der Waals surface area contributed by atoms with Crippen LogP contribution in [0.3, 0.4) is 0 Å². The Labute approximate surface area is 90.7 Å². The van der Waals surface area contributed by atoms with E-state index in [2.05, 4.69) is 12.2 Å². The maximum atomic E-state index is 11.4. The summed E-state index contributed by atoms with van der Waals surface area (Å²) in [6.45, 7) is 5.77. The van der Waals surface area contributed by atoms with Crippen LogP contribution in [0.5, 0.6) is 0 Å². The maximum absolute atomic E-state index is 11.4. The number of carbonyl (C=O) groups excluding carboxylic acids is 1. The van der Waals surface area contributed by atoms with Crippen molar-refractivity contribution in [3.05, 3.63) is 23.8 Å². The first kappa shape index (κ1) is 11.6. The summed E-state index contributed by atoms with van der Waals surface area (Å²) < 4.78 is 0. The molecule has 3 nitrogen and oxygen atoms in total. The van der Waals surface area contributed by atoms with Crippen LogP contribution in [0.25, 0.3) is 0 Å². The molecule has 0 aliphatic carbocycles. The van der Waals surface area contributed by atoms with Crippen molar-refractivity contribution in [3.63, 3.8) is 0 Å². The van der Waals surface area contributed by atoms with Crippen LogP contribution >= 0.6 is 0 Å². The maximum Gasteiger partial charge on any atom is 0.226 e. The van der Waals surface area contributed by atoms with Crippen molar-refractivity contribution in [2.45, 2.75) is 27.2 Å². The van der Waals surface area contributed by atoms with Gasteiger partial charge in [0, 0.05) is 17.3 Å². The lowest BCUT2D eigenvalue weighted by molar-refractivity contribution is -0.118. The molecule has 0 fully saturated rings. The van der Waals surface area contributed by atoms with Crippen LogP contribution in [0.4, 0.5) is 11.4 Å². The molecule has 1 aromatic carbocycles. The quantitative estimate of drug-likeness (QED) is 0.746. The van der Waals surface area contributed by atoms with Crippen molar-refractivity contribution in [2.24, 2.45) is 5.92 Å². The van der Waals surface area contributed by atoms with E-state index in [-0.39, 0.29) is 11.8 Å². The van der Waals surface area contributed by atoms with Gasteiger partial charge in [0.15, 0.2) is 0 Å². The van der Waals surface area contributed by atoms with E-state index in [0.29, 0.717) is 0 Å². The Hall–Kier alpha value is -1.51. The first-order valence-corrected chi connectivity index (χ1v) is 5.23. The molecule has 0 unspecified atom stereocenters. The molecule has 0 spiro atoms. The van der Waals surface area contributed by atoms with E-state index >= 15 is 0 Å². The van der Waals surface area contributed by atoms with Crippen molar-refractivity contribution in [2.75, 3.05) is 11.1 Å². The Balaban J connectivity index is 2.80. The minimum Gasteiger partial charge on any atom is -0.398 e. The number of nitrogen functional groups attached to an aromatic ring is 1. The highest BCUT2D eigenvalue weighted by Crippen LogP contribution is 2.18. The molecule has 1 rings (SSSR count). The summed E-state index contributed by atoms with van der Waals surface area (Å²) >= 11 is 0. The van der Waals surface area contributed by atoms with Crippen LogP contribution in [0.2, 0.25) is 0 Å². The summed E-state index contributed by atoms with van der Waals surface area (Å²) in [4.78, 5) is 11.4. The lowest BCUT2D eigenvalue weighted by atomic mass is 10.1. The average molecular weight is 206 g/mol. The third kappa shape index (κ3) is 2.98. The Morgan fingerprint density at radius 2 is 2.13 bits per heavy atom. The molecule has 1 aromatic rings.